The van der Waals surface area contributed by atoms with Crippen LogP contribution in [0.5, 0.6) is 0 Å². The van der Waals surface area contributed by atoms with Crippen molar-refractivity contribution in [1.29, 1.82) is 0 Å². The van der Waals surface area contributed by atoms with Gasteiger partial charge in [-0.15, -0.1) is 70.8 Å². The van der Waals surface area contributed by atoms with E-state index in [0.29, 0.717) is 0 Å². The van der Waals surface area contributed by atoms with Crippen LogP contribution in [0.1, 0.15) is 31.9 Å². The standard InChI is InChI=1S/C17H16NO.C16H12N.Ir/c1-17(2,3)13-6-4-12(5-7-13)16-14-9-11-19-15(14)8-10-18-16;1-12-6-8-14(9-7-12)16-15-5-3-2-4-13(15)10-11-17-16;/h4,6-11H,1-3H3;2-8,10-11H,1H3;/q2*-1;. The predicted octanol–water partition coefficient (Wildman–Crippen LogP) is 8.60. The van der Waals surface area contributed by atoms with Gasteiger partial charge in [0.2, 0.25) is 0 Å². The smallest absolute Gasteiger partial charge is 0.128 e. The Morgan fingerprint density at radius 3 is 2.05 bits per heavy atom. The SMILES string of the molecule is CC(C)(C)c1c[c-]c(-c2nccc3occc23)cc1.Cc1c[c-]c(-c2nccc3ccccc23)cc1.[Ir]. The average Bonchev–Trinajstić information content (AvgIpc) is 3.38. The van der Waals surface area contributed by atoms with Crippen molar-refractivity contribution in [2.75, 3.05) is 0 Å². The summed E-state index contributed by atoms with van der Waals surface area (Å²) in [6.45, 7) is 8.66. The van der Waals surface area contributed by atoms with Crippen LogP contribution >= 0.6 is 0 Å². The molecule has 0 aliphatic heterocycles. The van der Waals surface area contributed by atoms with Gasteiger partial charge in [-0.1, -0.05) is 52.0 Å². The van der Waals surface area contributed by atoms with Crippen molar-refractivity contribution in [1.82, 2.24) is 9.97 Å². The zero-order valence-corrected chi connectivity index (χ0v) is 23.8. The molecule has 0 saturated carbocycles. The van der Waals surface area contributed by atoms with Gasteiger partial charge >= 0.3 is 0 Å². The number of aromatic nitrogens is 2. The fourth-order valence-corrected chi connectivity index (χ4v) is 4.13. The summed E-state index contributed by atoms with van der Waals surface area (Å²) >= 11 is 0. The van der Waals surface area contributed by atoms with Crippen molar-refractivity contribution in [3.63, 3.8) is 0 Å². The van der Waals surface area contributed by atoms with Crippen molar-refractivity contribution in [2.45, 2.75) is 33.1 Å². The summed E-state index contributed by atoms with van der Waals surface area (Å²) in [5.74, 6) is 0. The van der Waals surface area contributed by atoms with Crippen molar-refractivity contribution in [3.05, 3.63) is 121 Å². The van der Waals surface area contributed by atoms with E-state index in [1.165, 1.54) is 21.9 Å². The van der Waals surface area contributed by atoms with Gasteiger partial charge in [-0.25, -0.2) is 0 Å². The molecule has 0 aliphatic rings. The number of aryl methyl sites for hydroxylation is 1. The topological polar surface area (TPSA) is 38.9 Å². The fraction of sp³-hybridized carbons (Fsp3) is 0.152. The molecule has 6 rings (SSSR count). The van der Waals surface area contributed by atoms with Gasteiger partial charge < -0.3 is 14.4 Å². The second kappa shape index (κ2) is 11.2. The van der Waals surface area contributed by atoms with E-state index in [1.54, 1.807) is 12.5 Å². The van der Waals surface area contributed by atoms with Gasteiger partial charge in [0.15, 0.2) is 0 Å². The largest absolute Gasteiger partial charge is 0.465 e. The molecule has 0 N–H and O–H groups in total. The van der Waals surface area contributed by atoms with Crippen LogP contribution in [0.25, 0.3) is 44.3 Å². The minimum absolute atomic E-state index is 0. The van der Waals surface area contributed by atoms with E-state index < -0.39 is 0 Å². The minimum atomic E-state index is 0. The number of furan rings is 1. The molecule has 4 heteroatoms. The fourth-order valence-electron chi connectivity index (χ4n) is 4.13. The molecule has 6 aromatic rings. The summed E-state index contributed by atoms with van der Waals surface area (Å²) in [5, 5.41) is 3.42. The van der Waals surface area contributed by atoms with Gasteiger partial charge in [0, 0.05) is 37.9 Å². The normalized spacial score (nSPS) is 11.0. The first kappa shape index (κ1) is 26.5. The van der Waals surface area contributed by atoms with E-state index in [-0.39, 0.29) is 25.5 Å². The Labute approximate surface area is 232 Å². The molecular formula is C33H28IrN2O-2. The van der Waals surface area contributed by atoms with E-state index in [1.807, 2.05) is 42.6 Å². The maximum atomic E-state index is 5.40. The Morgan fingerprint density at radius 2 is 1.38 bits per heavy atom. The summed E-state index contributed by atoms with van der Waals surface area (Å²) in [5.41, 5.74) is 7.47. The Hall–Kier alpha value is -3.59. The third-order valence-corrected chi connectivity index (χ3v) is 6.21. The summed E-state index contributed by atoms with van der Waals surface area (Å²) < 4.78 is 5.40. The van der Waals surface area contributed by atoms with Gasteiger partial charge in [0.1, 0.15) is 5.58 Å². The number of hydrogen-bond acceptors (Lipinski definition) is 3. The maximum absolute atomic E-state index is 5.40. The summed E-state index contributed by atoms with van der Waals surface area (Å²) in [7, 11) is 0. The number of fused-ring (bicyclic) bond motifs is 2. The molecule has 0 spiro atoms. The molecule has 0 amide bonds. The van der Waals surface area contributed by atoms with E-state index >= 15 is 0 Å². The summed E-state index contributed by atoms with van der Waals surface area (Å²) in [6.07, 6.45) is 5.32. The van der Waals surface area contributed by atoms with Crippen LogP contribution in [-0.2, 0) is 25.5 Å². The van der Waals surface area contributed by atoms with Gasteiger partial charge in [-0.05, 0) is 45.8 Å². The van der Waals surface area contributed by atoms with Gasteiger partial charge in [0.05, 0.1) is 6.26 Å². The summed E-state index contributed by atoms with van der Waals surface area (Å²) in [4.78, 5) is 8.93. The number of pyridine rings is 2. The Kier molecular flexibility index (Phi) is 8.02. The third-order valence-electron chi connectivity index (χ3n) is 6.21. The van der Waals surface area contributed by atoms with Crippen LogP contribution in [0.2, 0.25) is 0 Å². The average molecular weight is 661 g/mol. The monoisotopic (exact) mass is 661 g/mol. The summed E-state index contributed by atoms with van der Waals surface area (Å²) in [6, 6.07) is 33.2. The quantitative estimate of drug-likeness (QED) is 0.175. The van der Waals surface area contributed by atoms with Crippen LogP contribution in [0.3, 0.4) is 0 Å². The first-order valence-electron chi connectivity index (χ1n) is 12.1. The Bertz CT molecular complexity index is 1610. The number of rotatable bonds is 2. The van der Waals surface area contributed by atoms with Crippen LogP contribution in [0, 0.1) is 19.1 Å². The third kappa shape index (κ3) is 5.88. The van der Waals surface area contributed by atoms with Crippen LogP contribution in [0.4, 0.5) is 0 Å². The first-order chi connectivity index (χ1) is 17.4. The van der Waals surface area contributed by atoms with Crippen molar-refractivity contribution in [2.24, 2.45) is 0 Å². The molecule has 0 aliphatic carbocycles. The van der Waals surface area contributed by atoms with E-state index in [4.69, 9.17) is 4.42 Å². The Balaban J connectivity index is 0.000000169. The molecule has 3 aromatic heterocycles. The van der Waals surface area contributed by atoms with Gasteiger partial charge in [-0.2, -0.15) is 0 Å². The molecule has 0 saturated heterocycles. The molecule has 3 heterocycles. The van der Waals surface area contributed by atoms with E-state index in [2.05, 4.69) is 92.3 Å². The maximum Gasteiger partial charge on any atom is 0.128 e. The predicted molar refractivity (Wildman–Crippen MR) is 148 cm³/mol. The van der Waals surface area contributed by atoms with E-state index in [9.17, 15) is 0 Å². The van der Waals surface area contributed by atoms with Gasteiger partial charge in [-0.3, -0.25) is 0 Å². The van der Waals surface area contributed by atoms with Crippen molar-refractivity contribution in [3.8, 4) is 22.5 Å². The van der Waals surface area contributed by atoms with E-state index in [0.717, 1.165) is 33.5 Å². The van der Waals surface area contributed by atoms with Gasteiger partial charge in [0.25, 0.3) is 0 Å². The number of nitrogens with zero attached hydrogens (tertiary/aromatic N) is 2. The molecule has 0 atom stereocenters. The minimum Gasteiger partial charge on any atom is -0.465 e. The Morgan fingerprint density at radius 1 is 0.703 bits per heavy atom. The molecule has 0 unspecified atom stereocenters. The number of benzene rings is 3. The molecular weight excluding hydrogens is 633 g/mol. The molecule has 187 valence electrons. The molecule has 3 aromatic carbocycles. The first-order valence-corrected chi connectivity index (χ1v) is 12.1. The second-order valence-electron chi connectivity index (χ2n) is 9.89. The second-order valence-corrected chi connectivity index (χ2v) is 9.89. The molecule has 1 radical (unpaired) electrons. The molecule has 37 heavy (non-hydrogen) atoms. The molecule has 3 nitrogen and oxygen atoms in total. The molecule has 0 bridgehead atoms. The number of hydrogen-bond donors (Lipinski definition) is 0. The van der Waals surface area contributed by atoms with Crippen LogP contribution in [-0.4, -0.2) is 9.97 Å². The van der Waals surface area contributed by atoms with Crippen LogP contribution in [0.15, 0.2) is 102 Å². The zero-order valence-electron chi connectivity index (χ0n) is 21.4. The van der Waals surface area contributed by atoms with Crippen LogP contribution < -0.4 is 0 Å². The zero-order chi connectivity index (χ0) is 25.1. The molecule has 0 fully saturated rings. The van der Waals surface area contributed by atoms with Crippen molar-refractivity contribution < 1.29 is 24.5 Å². The van der Waals surface area contributed by atoms with Crippen molar-refractivity contribution >= 4 is 21.7 Å².